The summed E-state index contributed by atoms with van der Waals surface area (Å²) in [5.74, 6) is 0. The minimum Gasteiger partial charge on any atom is -0.378 e. The van der Waals surface area contributed by atoms with Gasteiger partial charge in [-0.3, -0.25) is 0 Å². The van der Waals surface area contributed by atoms with E-state index >= 15 is 0 Å². The Morgan fingerprint density at radius 1 is 1.33 bits per heavy atom. The van der Waals surface area contributed by atoms with Gasteiger partial charge < -0.3 is 5.32 Å². The molecule has 1 heteroatoms. The smallest absolute Gasteiger partial charge is 0.0447 e. The highest BCUT2D eigenvalue weighted by atomic mass is 14.9. The first kappa shape index (κ1) is 10.3. The molecule has 2 rings (SSSR count). The van der Waals surface area contributed by atoms with Gasteiger partial charge >= 0.3 is 0 Å². The summed E-state index contributed by atoms with van der Waals surface area (Å²) in [6, 6.07) is 7.12. The molecule has 0 fully saturated rings. The molecular weight excluding hydrogens is 182 g/mol. The lowest BCUT2D eigenvalue weighted by Crippen LogP contribution is -2.19. The SMILES string of the molecule is CCCCC1C=Cc2cc(C)ccc2N1. The molecule has 1 unspecified atom stereocenters. The highest BCUT2D eigenvalue weighted by Crippen LogP contribution is 2.25. The zero-order valence-electron chi connectivity index (χ0n) is 9.59. The van der Waals surface area contributed by atoms with Gasteiger partial charge in [0.25, 0.3) is 0 Å². The number of aryl methyl sites for hydroxylation is 1. The summed E-state index contributed by atoms with van der Waals surface area (Å²) < 4.78 is 0. The van der Waals surface area contributed by atoms with Crippen molar-refractivity contribution in [3.8, 4) is 0 Å². The highest BCUT2D eigenvalue weighted by molar-refractivity contribution is 5.71. The van der Waals surface area contributed by atoms with Crippen molar-refractivity contribution in [3.05, 3.63) is 35.4 Å². The molecule has 0 saturated heterocycles. The molecule has 1 aliphatic heterocycles. The Hall–Kier alpha value is -1.24. The third-order valence-corrected chi connectivity index (χ3v) is 2.92. The number of hydrogen-bond donors (Lipinski definition) is 1. The second-order valence-electron chi connectivity index (χ2n) is 4.34. The molecule has 1 nitrogen and oxygen atoms in total. The maximum Gasteiger partial charge on any atom is 0.0447 e. The number of rotatable bonds is 3. The first-order valence-electron chi connectivity index (χ1n) is 5.85. The van der Waals surface area contributed by atoms with E-state index in [4.69, 9.17) is 0 Å². The second-order valence-corrected chi connectivity index (χ2v) is 4.34. The molecule has 0 radical (unpaired) electrons. The minimum absolute atomic E-state index is 0.528. The van der Waals surface area contributed by atoms with Gasteiger partial charge in [-0.15, -0.1) is 0 Å². The van der Waals surface area contributed by atoms with Gasteiger partial charge in [-0.05, 0) is 31.0 Å². The normalized spacial score (nSPS) is 18.4. The first-order chi connectivity index (χ1) is 7.29. The molecule has 1 aromatic rings. The maximum absolute atomic E-state index is 3.57. The van der Waals surface area contributed by atoms with Gasteiger partial charge in [-0.1, -0.05) is 43.5 Å². The first-order valence-corrected chi connectivity index (χ1v) is 5.85. The lowest BCUT2D eigenvalue weighted by Gasteiger charge is -2.22. The number of anilines is 1. The van der Waals surface area contributed by atoms with E-state index in [1.165, 1.54) is 36.1 Å². The van der Waals surface area contributed by atoms with Crippen LogP contribution in [0.5, 0.6) is 0 Å². The Bertz CT molecular complexity index is 366. The van der Waals surface area contributed by atoms with Crippen LogP contribution in [0, 0.1) is 6.92 Å². The Kier molecular flexibility index (Phi) is 3.10. The Morgan fingerprint density at radius 3 is 3.00 bits per heavy atom. The van der Waals surface area contributed by atoms with Crippen LogP contribution in [0.1, 0.15) is 37.3 Å². The molecule has 1 N–H and O–H groups in total. The monoisotopic (exact) mass is 201 g/mol. The largest absolute Gasteiger partial charge is 0.378 e. The third-order valence-electron chi connectivity index (χ3n) is 2.92. The van der Waals surface area contributed by atoms with Gasteiger partial charge in [0, 0.05) is 11.7 Å². The van der Waals surface area contributed by atoms with Crippen LogP contribution in [0.15, 0.2) is 24.3 Å². The van der Waals surface area contributed by atoms with E-state index in [-0.39, 0.29) is 0 Å². The summed E-state index contributed by atoms with van der Waals surface area (Å²) in [6.45, 7) is 4.38. The van der Waals surface area contributed by atoms with Gasteiger partial charge in [0.15, 0.2) is 0 Å². The van der Waals surface area contributed by atoms with Crippen LogP contribution in [-0.4, -0.2) is 6.04 Å². The average Bonchev–Trinajstić information content (AvgIpc) is 2.26. The van der Waals surface area contributed by atoms with Crippen LogP contribution in [0.2, 0.25) is 0 Å². The van der Waals surface area contributed by atoms with Crippen molar-refractivity contribution in [1.29, 1.82) is 0 Å². The summed E-state index contributed by atoms with van der Waals surface area (Å²) in [4.78, 5) is 0. The van der Waals surface area contributed by atoms with Crippen LogP contribution < -0.4 is 5.32 Å². The number of benzene rings is 1. The van der Waals surface area contributed by atoms with E-state index in [0.29, 0.717) is 6.04 Å². The van der Waals surface area contributed by atoms with Crippen LogP contribution in [0.25, 0.3) is 6.08 Å². The summed E-state index contributed by atoms with van der Waals surface area (Å²) in [7, 11) is 0. The van der Waals surface area contributed by atoms with Crippen LogP contribution >= 0.6 is 0 Å². The van der Waals surface area contributed by atoms with Crippen LogP contribution in [0.3, 0.4) is 0 Å². The Labute approximate surface area is 92.2 Å². The molecule has 0 aliphatic carbocycles. The zero-order valence-corrected chi connectivity index (χ0v) is 9.59. The van der Waals surface area contributed by atoms with Crippen molar-refractivity contribution in [2.45, 2.75) is 39.2 Å². The molecule has 0 saturated carbocycles. The van der Waals surface area contributed by atoms with E-state index in [1.54, 1.807) is 0 Å². The van der Waals surface area contributed by atoms with Gasteiger partial charge in [0.2, 0.25) is 0 Å². The Morgan fingerprint density at radius 2 is 2.20 bits per heavy atom. The number of unbranched alkanes of at least 4 members (excludes halogenated alkanes) is 1. The molecule has 1 aromatic carbocycles. The summed E-state index contributed by atoms with van der Waals surface area (Å²) >= 11 is 0. The molecular formula is C14H19N. The lowest BCUT2D eigenvalue weighted by atomic mass is 10.0. The summed E-state index contributed by atoms with van der Waals surface area (Å²) in [5.41, 5.74) is 3.93. The van der Waals surface area contributed by atoms with Gasteiger partial charge in [-0.2, -0.15) is 0 Å². The molecule has 1 atom stereocenters. The van der Waals surface area contributed by atoms with E-state index < -0.39 is 0 Å². The van der Waals surface area contributed by atoms with Crippen LogP contribution in [-0.2, 0) is 0 Å². The van der Waals surface area contributed by atoms with Gasteiger partial charge in [-0.25, -0.2) is 0 Å². The fourth-order valence-electron chi connectivity index (χ4n) is 2.01. The lowest BCUT2D eigenvalue weighted by molar-refractivity contribution is 0.680. The predicted octanol–water partition coefficient (Wildman–Crippen LogP) is 3.99. The molecule has 0 spiro atoms. The molecule has 0 amide bonds. The molecule has 1 heterocycles. The van der Waals surface area contributed by atoms with Crippen molar-refractivity contribution < 1.29 is 0 Å². The number of fused-ring (bicyclic) bond motifs is 1. The van der Waals surface area contributed by atoms with E-state index in [0.717, 1.165) is 0 Å². The fourth-order valence-corrected chi connectivity index (χ4v) is 2.01. The van der Waals surface area contributed by atoms with Crippen molar-refractivity contribution in [2.75, 3.05) is 5.32 Å². The van der Waals surface area contributed by atoms with E-state index in [2.05, 4.69) is 49.5 Å². The van der Waals surface area contributed by atoms with Gasteiger partial charge in [0.05, 0.1) is 0 Å². The molecule has 1 aliphatic rings. The quantitative estimate of drug-likeness (QED) is 0.779. The summed E-state index contributed by atoms with van der Waals surface area (Å²) in [6.07, 6.45) is 8.34. The van der Waals surface area contributed by atoms with Crippen molar-refractivity contribution in [3.63, 3.8) is 0 Å². The molecule has 0 aromatic heterocycles. The second kappa shape index (κ2) is 4.52. The van der Waals surface area contributed by atoms with Crippen molar-refractivity contribution in [2.24, 2.45) is 0 Å². The zero-order chi connectivity index (χ0) is 10.7. The Balaban J connectivity index is 2.10. The van der Waals surface area contributed by atoms with E-state index in [1.807, 2.05) is 0 Å². The number of nitrogens with one attached hydrogen (secondary N) is 1. The average molecular weight is 201 g/mol. The van der Waals surface area contributed by atoms with E-state index in [9.17, 15) is 0 Å². The fraction of sp³-hybridized carbons (Fsp3) is 0.429. The third kappa shape index (κ3) is 2.41. The van der Waals surface area contributed by atoms with Gasteiger partial charge in [0.1, 0.15) is 0 Å². The predicted molar refractivity (Wildman–Crippen MR) is 67.1 cm³/mol. The number of hydrogen-bond acceptors (Lipinski definition) is 1. The highest BCUT2D eigenvalue weighted by Gasteiger charge is 2.11. The molecule has 80 valence electrons. The minimum atomic E-state index is 0.528. The van der Waals surface area contributed by atoms with Crippen LogP contribution in [0.4, 0.5) is 5.69 Å². The van der Waals surface area contributed by atoms with Crippen molar-refractivity contribution in [1.82, 2.24) is 0 Å². The van der Waals surface area contributed by atoms with Crippen molar-refractivity contribution >= 4 is 11.8 Å². The standard InChI is InChI=1S/C14H19N/c1-3-4-5-13-8-7-12-10-11(2)6-9-14(12)15-13/h6-10,13,15H,3-5H2,1-2H3. The summed E-state index contributed by atoms with van der Waals surface area (Å²) in [5, 5.41) is 3.57. The topological polar surface area (TPSA) is 12.0 Å². The maximum atomic E-state index is 3.57. The molecule has 15 heavy (non-hydrogen) atoms. The molecule has 0 bridgehead atoms.